The zero-order valence-electron chi connectivity index (χ0n) is 16.5. The molecule has 0 bridgehead atoms. The molecule has 1 aliphatic carbocycles. The van der Waals surface area contributed by atoms with Crippen LogP contribution in [-0.4, -0.2) is 16.8 Å². The highest BCUT2D eigenvalue weighted by molar-refractivity contribution is 6.08. The third kappa shape index (κ3) is 4.19. The molecule has 1 fully saturated rings. The highest BCUT2D eigenvalue weighted by Crippen LogP contribution is 2.47. The van der Waals surface area contributed by atoms with Crippen molar-refractivity contribution < 1.29 is 9.59 Å². The Morgan fingerprint density at radius 1 is 0.931 bits per heavy atom. The summed E-state index contributed by atoms with van der Waals surface area (Å²) in [7, 11) is 0. The lowest BCUT2D eigenvalue weighted by atomic mass is 9.96. The zero-order chi connectivity index (χ0) is 20.4. The first-order valence-corrected chi connectivity index (χ1v) is 9.69. The smallest absolute Gasteiger partial charge is 0.256 e. The number of hydrogen-bond donors (Lipinski definition) is 2. The standard InChI is InChI=1S/C24H23N3O2/c1-16-8-9-19(14-21(16)23(29)27-20-7-4-12-25-15-20)26-22(28)17-5-3-6-18(13-17)24(2)10-11-24/h3-9,12-15H,10-11H2,1-2H3,(H,26,28)(H,27,29). The highest BCUT2D eigenvalue weighted by Gasteiger charge is 2.39. The Bertz CT molecular complexity index is 1070. The minimum atomic E-state index is -0.241. The summed E-state index contributed by atoms with van der Waals surface area (Å²) >= 11 is 0. The summed E-state index contributed by atoms with van der Waals surface area (Å²) in [6.07, 6.45) is 5.55. The Morgan fingerprint density at radius 2 is 1.72 bits per heavy atom. The summed E-state index contributed by atoms with van der Waals surface area (Å²) in [4.78, 5) is 29.4. The van der Waals surface area contributed by atoms with Crippen molar-refractivity contribution in [3.8, 4) is 0 Å². The highest BCUT2D eigenvalue weighted by atomic mass is 16.2. The van der Waals surface area contributed by atoms with E-state index < -0.39 is 0 Å². The van der Waals surface area contributed by atoms with Gasteiger partial charge in [0.1, 0.15) is 0 Å². The molecule has 0 radical (unpaired) electrons. The summed E-state index contributed by atoms with van der Waals surface area (Å²) in [5, 5.41) is 5.74. The molecule has 1 aliphatic rings. The van der Waals surface area contributed by atoms with Crippen molar-refractivity contribution in [2.75, 3.05) is 10.6 Å². The van der Waals surface area contributed by atoms with Gasteiger partial charge in [0.05, 0.1) is 11.9 Å². The molecule has 4 rings (SSSR count). The van der Waals surface area contributed by atoms with E-state index in [1.165, 1.54) is 5.56 Å². The Kier molecular flexibility index (Phi) is 4.89. The van der Waals surface area contributed by atoms with Crippen LogP contribution in [0.5, 0.6) is 0 Å². The van der Waals surface area contributed by atoms with Gasteiger partial charge in [-0.1, -0.05) is 25.1 Å². The Labute approximate surface area is 170 Å². The van der Waals surface area contributed by atoms with Gasteiger partial charge in [0, 0.05) is 23.0 Å². The van der Waals surface area contributed by atoms with Gasteiger partial charge in [-0.25, -0.2) is 0 Å². The average Bonchev–Trinajstić information content (AvgIpc) is 3.49. The van der Waals surface area contributed by atoms with E-state index in [-0.39, 0.29) is 17.2 Å². The second kappa shape index (κ2) is 7.51. The summed E-state index contributed by atoms with van der Waals surface area (Å²) in [6.45, 7) is 4.08. The van der Waals surface area contributed by atoms with Crippen LogP contribution < -0.4 is 10.6 Å². The number of hydrogen-bond acceptors (Lipinski definition) is 3. The SMILES string of the molecule is Cc1ccc(NC(=O)c2cccc(C3(C)CC3)c2)cc1C(=O)Nc1cccnc1. The number of amides is 2. The minimum absolute atomic E-state index is 0.182. The van der Waals surface area contributed by atoms with Crippen molar-refractivity contribution in [3.63, 3.8) is 0 Å². The maximum Gasteiger partial charge on any atom is 0.256 e. The van der Waals surface area contributed by atoms with Crippen LogP contribution in [0.3, 0.4) is 0 Å². The van der Waals surface area contributed by atoms with Gasteiger partial charge in [-0.15, -0.1) is 0 Å². The van der Waals surface area contributed by atoms with Crippen LogP contribution in [0.4, 0.5) is 11.4 Å². The van der Waals surface area contributed by atoms with E-state index in [4.69, 9.17) is 0 Å². The second-order valence-electron chi connectivity index (χ2n) is 7.82. The van der Waals surface area contributed by atoms with Crippen molar-refractivity contribution in [2.45, 2.75) is 32.1 Å². The molecule has 5 nitrogen and oxygen atoms in total. The lowest BCUT2D eigenvalue weighted by Gasteiger charge is -2.13. The van der Waals surface area contributed by atoms with E-state index >= 15 is 0 Å². The van der Waals surface area contributed by atoms with E-state index in [1.54, 1.807) is 36.7 Å². The van der Waals surface area contributed by atoms with E-state index in [0.717, 1.165) is 18.4 Å². The number of nitrogens with zero attached hydrogens (tertiary/aromatic N) is 1. The van der Waals surface area contributed by atoms with Crippen molar-refractivity contribution in [1.82, 2.24) is 4.98 Å². The summed E-state index contributed by atoms with van der Waals surface area (Å²) in [5.41, 5.74) is 4.57. The molecular weight excluding hydrogens is 362 g/mol. The van der Waals surface area contributed by atoms with Gasteiger partial charge in [-0.3, -0.25) is 14.6 Å². The molecule has 0 unspecified atom stereocenters. The molecule has 1 saturated carbocycles. The molecule has 146 valence electrons. The van der Waals surface area contributed by atoms with Crippen molar-refractivity contribution in [1.29, 1.82) is 0 Å². The topological polar surface area (TPSA) is 71.1 Å². The van der Waals surface area contributed by atoms with Crippen LogP contribution in [0.1, 0.15) is 51.6 Å². The number of carbonyl (C=O) groups is 2. The third-order valence-corrected chi connectivity index (χ3v) is 5.48. The number of carbonyl (C=O) groups excluding carboxylic acids is 2. The Hall–Kier alpha value is -3.47. The number of anilines is 2. The second-order valence-corrected chi connectivity index (χ2v) is 7.82. The van der Waals surface area contributed by atoms with Gasteiger partial charge >= 0.3 is 0 Å². The predicted molar refractivity (Wildman–Crippen MR) is 114 cm³/mol. The normalized spacial score (nSPS) is 14.1. The first-order chi connectivity index (χ1) is 13.9. The number of nitrogens with one attached hydrogen (secondary N) is 2. The molecule has 2 aromatic carbocycles. The van der Waals surface area contributed by atoms with Crippen molar-refractivity contribution in [3.05, 3.63) is 89.2 Å². The molecule has 0 saturated heterocycles. The molecule has 29 heavy (non-hydrogen) atoms. The molecular formula is C24H23N3O2. The average molecular weight is 385 g/mol. The van der Waals surface area contributed by atoms with Gasteiger partial charge in [-0.05, 0) is 72.7 Å². The molecule has 0 aliphatic heterocycles. The van der Waals surface area contributed by atoms with Crippen LogP contribution in [0.25, 0.3) is 0 Å². The maximum absolute atomic E-state index is 12.8. The predicted octanol–water partition coefficient (Wildman–Crippen LogP) is 4.95. The summed E-state index contributed by atoms with van der Waals surface area (Å²) in [6, 6.07) is 16.7. The lowest BCUT2D eigenvalue weighted by molar-refractivity contribution is 0.101. The van der Waals surface area contributed by atoms with Gasteiger partial charge in [-0.2, -0.15) is 0 Å². The quantitative estimate of drug-likeness (QED) is 0.653. The van der Waals surface area contributed by atoms with Gasteiger partial charge in [0.25, 0.3) is 11.8 Å². The summed E-state index contributed by atoms with van der Waals surface area (Å²) in [5.74, 6) is -0.422. The Balaban J connectivity index is 1.51. The van der Waals surface area contributed by atoms with Crippen LogP contribution in [0.2, 0.25) is 0 Å². The number of benzene rings is 2. The Morgan fingerprint density at radius 3 is 2.45 bits per heavy atom. The zero-order valence-corrected chi connectivity index (χ0v) is 16.5. The first kappa shape index (κ1) is 18.9. The molecule has 3 aromatic rings. The lowest BCUT2D eigenvalue weighted by Crippen LogP contribution is -2.16. The molecule has 0 spiro atoms. The van der Waals surface area contributed by atoms with Crippen LogP contribution in [-0.2, 0) is 5.41 Å². The maximum atomic E-state index is 12.8. The van der Waals surface area contributed by atoms with Crippen molar-refractivity contribution >= 4 is 23.2 Å². The number of rotatable bonds is 5. The monoisotopic (exact) mass is 385 g/mol. The van der Waals surface area contributed by atoms with Crippen LogP contribution in [0.15, 0.2) is 67.0 Å². The fraction of sp³-hybridized carbons (Fsp3) is 0.208. The molecule has 1 aromatic heterocycles. The third-order valence-electron chi connectivity index (χ3n) is 5.48. The van der Waals surface area contributed by atoms with E-state index in [0.29, 0.717) is 22.5 Å². The number of aromatic nitrogens is 1. The fourth-order valence-electron chi connectivity index (χ4n) is 3.29. The first-order valence-electron chi connectivity index (χ1n) is 9.69. The molecule has 2 N–H and O–H groups in total. The van der Waals surface area contributed by atoms with Gasteiger partial charge < -0.3 is 10.6 Å². The molecule has 5 heteroatoms. The molecule has 2 amide bonds. The summed E-state index contributed by atoms with van der Waals surface area (Å²) < 4.78 is 0. The largest absolute Gasteiger partial charge is 0.322 e. The minimum Gasteiger partial charge on any atom is -0.322 e. The number of pyridine rings is 1. The van der Waals surface area contributed by atoms with Crippen molar-refractivity contribution in [2.24, 2.45) is 0 Å². The van der Waals surface area contributed by atoms with Gasteiger partial charge in [0.2, 0.25) is 0 Å². The van der Waals surface area contributed by atoms with Crippen LogP contribution in [0, 0.1) is 6.92 Å². The van der Waals surface area contributed by atoms with E-state index in [1.807, 2.05) is 31.2 Å². The number of aryl methyl sites for hydroxylation is 1. The fourth-order valence-corrected chi connectivity index (χ4v) is 3.29. The molecule has 1 heterocycles. The van der Waals surface area contributed by atoms with Gasteiger partial charge in [0.15, 0.2) is 0 Å². The van der Waals surface area contributed by atoms with E-state index in [2.05, 4.69) is 28.6 Å². The van der Waals surface area contributed by atoms with E-state index in [9.17, 15) is 9.59 Å². The molecule has 0 atom stereocenters. The van der Waals surface area contributed by atoms with Crippen LogP contribution >= 0.6 is 0 Å².